The highest BCUT2D eigenvalue weighted by Crippen LogP contribution is 2.43. The zero-order chi connectivity index (χ0) is 29.7. The van der Waals surface area contributed by atoms with Crippen molar-refractivity contribution in [1.82, 2.24) is 15.0 Å². The van der Waals surface area contributed by atoms with E-state index in [1.54, 1.807) is 6.20 Å². The Morgan fingerprint density at radius 2 is 1.11 bits per heavy atom. The quantitative estimate of drug-likeness (QED) is 0.196. The highest BCUT2D eigenvalue weighted by molar-refractivity contribution is 6.17. The van der Waals surface area contributed by atoms with Crippen LogP contribution >= 0.6 is 0 Å². The molecule has 45 heavy (non-hydrogen) atoms. The van der Waals surface area contributed by atoms with Crippen molar-refractivity contribution in [3.63, 3.8) is 0 Å². The summed E-state index contributed by atoms with van der Waals surface area (Å²) in [5.41, 5.74) is 11.5. The van der Waals surface area contributed by atoms with Crippen molar-refractivity contribution in [2.75, 3.05) is 0 Å². The normalized spacial score (nSPS) is 11.6. The smallest absolute Gasteiger partial charge is 0.143 e. The van der Waals surface area contributed by atoms with Gasteiger partial charge in [0.1, 0.15) is 11.2 Å². The maximum absolute atomic E-state index is 6.67. The van der Waals surface area contributed by atoms with Gasteiger partial charge in [0.05, 0.1) is 28.1 Å². The van der Waals surface area contributed by atoms with E-state index < -0.39 is 0 Å². The molecule has 4 heterocycles. The Morgan fingerprint density at radius 1 is 0.444 bits per heavy atom. The summed E-state index contributed by atoms with van der Waals surface area (Å²) >= 11 is 0. The average Bonchev–Trinajstić information content (AvgIpc) is 3.51. The first-order valence-electron chi connectivity index (χ1n) is 15.0. The molecule has 0 saturated carbocycles. The molecule has 4 aromatic heterocycles. The summed E-state index contributed by atoms with van der Waals surface area (Å²) in [6.45, 7) is 0. The van der Waals surface area contributed by atoms with Crippen molar-refractivity contribution in [3.8, 4) is 44.9 Å². The number of benzene rings is 5. The second kappa shape index (κ2) is 10.2. The number of hydrogen-bond donors (Lipinski definition) is 0. The van der Waals surface area contributed by atoms with Gasteiger partial charge in [0, 0.05) is 38.9 Å². The van der Waals surface area contributed by atoms with Crippen LogP contribution < -0.4 is 0 Å². The van der Waals surface area contributed by atoms with E-state index in [9.17, 15) is 0 Å². The molecule has 0 amide bonds. The highest BCUT2D eigenvalue weighted by Gasteiger charge is 2.19. The molecule has 0 bridgehead atoms. The van der Waals surface area contributed by atoms with E-state index in [1.165, 1.54) is 0 Å². The molecule has 0 unspecified atom stereocenters. The fourth-order valence-corrected chi connectivity index (χ4v) is 6.35. The Balaban J connectivity index is 1.31. The predicted molar refractivity (Wildman–Crippen MR) is 184 cm³/mol. The minimum absolute atomic E-state index is 0.826. The molecule has 0 N–H and O–H groups in total. The molecule has 0 radical (unpaired) electrons. The van der Waals surface area contributed by atoms with Crippen LogP contribution in [0.3, 0.4) is 0 Å². The Morgan fingerprint density at radius 3 is 1.84 bits per heavy atom. The highest BCUT2D eigenvalue weighted by atomic mass is 16.3. The minimum Gasteiger partial charge on any atom is -0.455 e. The largest absolute Gasteiger partial charge is 0.455 e. The molecule has 0 aliphatic heterocycles. The Bertz CT molecular complexity index is 2520. The van der Waals surface area contributed by atoms with Crippen LogP contribution in [0.1, 0.15) is 0 Å². The summed E-state index contributed by atoms with van der Waals surface area (Å²) in [7, 11) is 0. The molecule has 0 atom stereocenters. The molecule has 9 aromatic rings. The maximum Gasteiger partial charge on any atom is 0.143 e. The third-order valence-corrected chi connectivity index (χ3v) is 8.51. The second-order valence-corrected chi connectivity index (χ2v) is 11.2. The summed E-state index contributed by atoms with van der Waals surface area (Å²) in [6.07, 6.45) is 1.79. The summed E-state index contributed by atoms with van der Waals surface area (Å²) in [5, 5.41) is 4.20. The molecule has 0 aliphatic rings. The van der Waals surface area contributed by atoms with E-state index >= 15 is 0 Å². The van der Waals surface area contributed by atoms with Gasteiger partial charge in [-0.25, -0.2) is 9.97 Å². The van der Waals surface area contributed by atoms with Gasteiger partial charge in [-0.15, -0.1) is 0 Å². The van der Waals surface area contributed by atoms with E-state index in [0.29, 0.717) is 0 Å². The number of nitrogens with zero attached hydrogens (tertiary/aromatic N) is 3. The van der Waals surface area contributed by atoms with Gasteiger partial charge >= 0.3 is 0 Å². The Hall–Kier alpha value is -6.13. The molecular formula is C41H25N3O. The Kier molecular flexibility index (Phi) is 5.78. The molecular weight excluding hydrogens is 550 g/mol. The summed E-state index contributed by atoms with van der Waals surface area (Å²) in [6, 6.07) is 50.2. The third kappa shape index (κ3) is 4.27. The SMILES string of the molecule is c1ccc(-c2cc(-c3ccccc3)c3oc4cccc(-c5ccc6ccc7ccc(-c8ccccn8)nc7c6n5)c4c3c2)cc1. The first-order valence-corrected chi connectivity index (χ1v) is 15.0. The van der Waals surface area contributed by atoms with E-state index in [0.717, 1.165) is 88.6 Å². The van der Waals surface area contributed by atoms with Crippen LogP contribution in [0.5, 0.6) is 0 Å². The number of hydrogen-bond acceptors (Lipinski definition) is 4. The number of fused-ring (bicyclic) bond motifs is 6. The van der Waals surface area contributed by atoms with E-state index in [1.807, 2.05) is 42.5 Å². The number of furan rings is 1. The molecule has 5 aromatic carbocycles. The summed E-state index contributed by atoms with van der Waals surface area (Å²) < 4.78 is 6.67. The number of pyridine rings is 3. The molecule has 4 nitrogen and oxygen atoms in total. The maximum atomic E-state index is 6.67. The lowest BCUT2D eigenvalue weighted by molar-refractivity contribution is 0.670. The molecule has 9 rings (SSSR count). The topological polar surface area (TPSA) is 51.8 Å². The van der Waals surface area contributed by atoms with Gasteiger partial charge in [0.25, 0.3) is 0 Å². The monoisotopic (exact) mass is 575 g/mol. The van der Waals surface area contributed by atoms with Gasteiger partial charge in [0.15, 0.2) is 0 Å². The predicted octanol–water partition coefficient (Wildman–Crippen LogP) is 10.7. The fraction of sp³-hybridized carbons (Fsp3) is 0. The zero-order valence-electron chi connectivity index (χ0n) is 24.2. The van der Waals surface area contributed by atoms with Gasteiger partial charge in [0.2, 0.25) is 0 Å². The van der Waals surface area contributed by atoms with Crippen LogP contribution in [-0.2, 0) is 0 Å². The van der Waals surface area contributed by atoms with Gasteiger partial charge in [-0.2, -0.15) is 0 Å². The van der Waals surface area contributed by atoms with Crippen molar-refractivity contribution in [1.29, 1.82) is 0 Å². The average molecular weight is 576 g/mol. The van der Waals surface area contributed by atoms with Crippen molar-refractivity contribution in [2.45, 2.75) is 0 Å². The summed E-state index contributed by atoms with van der Waals surface area (Å²) in [5.74, 6) is 0. The molecule has 0 aliphatic carbocycles. The van der Waals surface area contributed by atoms with Crippen LogP contribution in [0.25, 0.3) is 88.6 Å². The van der Waals surface area contributed by atoms with Crippen LogP contribution in [0.2, 0.25) is 0 Å². The van der Waals surface area contributed by atoms with Crippen LogP contribution in [0.4, 0.5) is 0 Å². The van der Waals surface area contributed by atoms with Crippen LogP contribution in [0, 0.1) is 0 Å². The standard InChI is InChI=1S/C41H25N3O/c1-3-10-26(11-4-1)30-24-32(27-12-5-2-6-13-27)41-33(25-30)38-31(14-9-16-37(38)45-41)34-21-19-28-17-18-29-20-22-36(35-15-7-8-23-42-35)44-40(29)39(28)43-34/h1-25H. The number of aromatic nitrogens is 3. The van der Waals surface area contributed by atoms with Gasteiger partial charge in [-0.1, -0.05) is 103 Å². The van der Waals surface area contributed by atoms with Crippen molar-refractivity contribution < 1.29 is 4.42 Å². The summed E-state index contributed by atoms with van der Waals surface area (Å²) in [4.78, 5) is 14.9. The first-order chi connectivity index (χ1) is 22.3. The molecule has 4 heteroatoms. The van der Waals surface area contributed by atoms with Crippen molar-refractivity contribution in [3.05, 3.63) is 152 Å². The molecule has 0 spiro atoms. The molecule has 210 valence electrons. The first kappa shape index (κ1) is 25.4. The molecule has 0 fully saturated rings. The van der Waals surface area contributed by atoms with E-state index in [-0.39, 0.29) is 0 Å². The van der Waals surface area contributed by atoms with Gasteiger partial charge in [-0.3, -0.25) is 4.98 Å². The Labute approximate surface area is 259 Å². The zero-order valence-corrected chi connectivity index (χ0v) is 24.2. The van der Waals surface area contributed by atoms with Crippen LogP contribution in [-0.4, -0.2) is 15.0 Å². The lowest BCUT2D eigenvalue weighted by Crippen LogP contribution is -1.92. The van der Waals surface area contributed by atoms with Gasteiger partial charge in [-0.05, 0) is 59.2 Å². The second-order valence-electron chi connectivity index (χ2n) is 11.2. The lowest BCUT2D eigenvalue weighted by Gasteiger charge is -2.10. The van der Waals surface area contributed by atoms with Gasteiger partial charge < -0.3 is 4.42 Å². The number of rotatable bonds is 4. The van der Waals surface area contributed by atoms with E-state index in [4.69, 9.17) is 14.4 Å². The van der Waals surface area contributed by atoms with Crippen LogP contribution in [0.15, 0.2) is 156 Å². The van der Waals surface area contributed by atoms with Crippen molar-refractivity contribution >= 4 is 43.7 Å². The van der Waals surface area contributed by atoms with E-state index in [2.05, 4.69) is 108 Å². The fourth-order valence-electron chi connectivity index (χ4n) is 6.35. The third-order valence-electron chi connectivity index (χ3n) is 8.51. The minimum atomic E-state index is 0.826. The molecule has 0 saturated heterocycles. The van der Waals surface area contributed by atoms with Crippen molar-refractivity contribution in [2.24, 2.45) is 0 Å². The lowest BCUT2D eigenvalue weighted by atomic mass is 9.94.